The number of sulfonamides is 1. The Hall–Kier alpha value is -1.35. The molecule has 0 aromatic heterocycles. The minimum Gasteiger partial charge on any atom is -0.480 e. The van der Waals surface area contributed by atoms with Crippen LogP contribution in [0.1, 0.15) is 0 Å². The fourth-order valence-electron chi connectivity index (χ4n) is 1.40. The third-order valence-electron chi connectivity index (χ3n) is 2.39. The van der Waals surface area contributed by atoms with Gasteiger partial charge in [-0.2, -0.15) is 4.31 Å². The second-order valence-corrected chi connectivity index (χ2v) is 6.78. The number of hydrogen-bond donors (Lipinski definition) is 2. The number of amides is 1. The highest BCUT2D eigenvalue weighted by Gasteiger charge is 2.27. The third-order valence-corrected chi connectivity index (χ3v) is 5.15. The predicted octanol–water partition coefficient (Wildman–Crippen LogP) is 0.815. The number of nitrogens with one attached hydrogen (secondary N) is 1. The maximum absolute atomic E-state index is 12.3. The fraction of sp³-hybridized carbons (Fsp3) is 0.273. The van der Waals surface area contributed by atoms with Crippen LogP contribution >= 0.6 is 23.2 Å². The zero-order valence-electron chi connectivity index (χ0n) is 10.8. The van der Waals surface area contributed by atoms with E-state index in [2.05, 4.69) is 5.32 Å². The van der Waals surface area contributed by atoms with Crippen LogP contribution in [0.5, 0.6) is 0 Å². The minimum atomic E-state index is -4.07. The Labute approximate surface area is 131 Å². The van der Waals surface area contributed by atoms with Crippen LogP contribution < -0.4 is 5.32 Å². The molecule has 116 valence electrons. The van der Waals surface area contributed by atoms with Crippen molar-refractivity contribution in [2.45, 2.75) is 4.90 Å². The van der Waals surface area contributed by atoms with E-state index < -0.39 is 35.0 Å². The summed E-state index contributed by atoms with van der Waals surface area (Å²) in [7, 11) is -2.91. The lowest BCUT2D eigenvalue weighted by molar-refractivity contribution is -0.137. The van der Waals surface area contributed by atoms with Gasteiger partial charge in [0.05, 0.1) is 16.6 Å². The first-order chi connectivity index (χ1) is 9.66. The number of rotatable bonds is 6. The maximum atomic E-state index is 12.3. The Morgan fingerprint density at radius 3 is 2.29 bits per heavy atom. The van der Waals surface area contributed by atoms with Gasteiger partial charge in [0.25, 0.3) is 0 Å². The molecule has 1 amide bonds. The van der Waals surface area contributed by atoms with E-state index in [-0.39, 0.29) is 14.9 Å². The minimum absolute atomic E-state index is 0.0692. The summed E-state index contributed by atoms with van der Waals surface area (Å²) in [4.78, 5) is 21.5. The average Bonchev–Trinajstić information content (AvgIpc) is 2.35. The number of nitrogens with zero attached hydrogens (tertiary/aromatic N) is 1. The summed E-state index contributed by atoms with van der Waals surface area (Å²) in [6, 6.07) is 4.21. The van der Waals surface area contributed by atoms with Gasteiger partial charge < -0.3 is 10.4 Å². The molecule has 0 fully saturated rings. The number of halogens is 2. The molecule has 0 bridgehead atoms. The monoisotopic (exact) mass is 354 g/mol. The number of likely N-dealkylation sites (N-methyl/N-ethyl adjacent to an activating group) is 1. The van der Waals surface area contributed by atoms with Crippen molar-refractivity contribution in [3.63, 3.8) is 0 Å². The van der Waals surface area contributed by atoms with Gasteiger partial charge in [0.1, 0.15) is 11.4 Å². The molecule has 7 nitrogen and oxygen atoms in total. The number of benzene rings is 1. The van der Waals surface area contributed by atoms with E-state index in [9.17, 15) is 18.0 Å². The van der Waals surface area contributed by atoms with Crippen molar-refractivity contribution in [2.24, 2.45) is 0 Å². The molecule has 1 aromatic carbocycles. The second kappa shape index (κ2) is 7.08. The first-order valence-electron chi connectivity index (χ1n) is 5.55. The molecule has 1 aromatic rings. The number of carbonyl (C=O) groups is 2. The topological polar surface area (TPSA) is 104 Å². The van der Waals surface area contributed by atoms with Gasteiger partial charge in [-0.1, -0.05) is 29.3 Å². The first-order valence-corrected chi connectivity index (χ1v) is 7.74. The maximum Gasteiger partial charge on any atom is 0.322 e. The Balaban J connectivity index is 2.93. The standard InChI is InChI=1S/C11H12Cl2N2O5S/c1-15(6-9(16)14-5-10(17)18)21(19,20)11-7(12)3-2-4-8(11)13/h2-4H,5-6H2,1H3,(H,14,16)(H,17,18). The van der Waals surface area contributed by atoms with Crippen molar-refractivity contribution < 1.29 is 23.1 Å². The number of carboxylic acids is 1. The van der Waals surface area contributed by atoms with Crippen LogP contribution in [0.25, 0.3) is 0 Å². The molecule has 0 aliphatic carbocycles. The summed E-state index contributed by atoms with van der Waals surface area (Å²) in [5.74, 6) is -1.99. The van der Waals surface area contributed by atoms with E-state index >= 15 is 0 Å². The van der Waals surface area contributed by atoms with Gasteiger partial charge >= 0.3 is 5.97 Å². The van der Waals surface area contributed by atoms with E-state index in [1.165, 1.54) is 18.2 Å². The number of hydrogen-bond acceptors (Lipinski definition) is 4. The summed E-state index contributed by atoms with van der Waals surface area (Å²) in [6.07, 6.45) is 0. The molecule has 0 saturated carbocycles. The number of carbonyl (C=O) groups excluding carboxylic acids is 1. The highest BCUT2D eigenvalue weighted by atomic mass is 35.5. The van der Waals surface area contributed by atoms with Gasteiger partial charge in [-0.05, 0) is 12.1 Å². The highest BCUT2D eigenvalue weighted by Crippen LogP contribution is 2.30. The number of aliphatic carboxylic acids is 1. The molecule has 0 saturated heterocycles. The Bertz CT molecular complexity index is 642. The van der Waals surface area contributed by atoms with Gasteiger partial charge in [0, 0.05) is 7.05 Å². The van der Waals surface area contributed by atoms with Crippen LogP contribution in [0.3, 0.4) is 0 Å². The predicted molar refractivity (Wildman–Crippen MR) is 76.9 cm³/mol. The van der Waals surface area contributed by atoms with Crippen molar-refractivity contribution in [1.29, 1.82) is 0 Å². The van der Waals surface area contributed by atoms with E-state index in [0.717, 1.165) is 11.4 Å². The number of carboxylic acid groups (broad SMARTS) is 1. The third kappa shape index (κ3) is 4.57. The summed E-state index contributed by atoms with van der Waals surface area (Å²) in [5.41, 5.74) is 0. The quantitative estimate of drug-likeness (QED) is 0.786. The van der Waals surface area contributed by atoms with Crippen molar-refractivity contribution >= 4 is 45.1 Å². The van der Waals surface area contributed by atoms with Gasteiger partial charge in [0.2, 0.25) is 15.9 Å². The Kier molecular flexibility index (Phi) is 5.97. The molecule has 0 radical (unpaired) electrons. The molecule has 21 heavy (non-hydrogen) atoms. The molecular formula is C11H12Cl2N2O5S. The normalized spacial score (nSPS) is 11.4. The lowest BCUT2D eigenvalue weighted by Crippen LogP contribution is -2.40. The van der Waals surface area contributed by atoms with Gasteiger partial charge in [-0.25, -0.2) is 8.42 Å². The molecule has 0 aliphatic rings. The molecule has 0 heterocycles. The lowest BCUT2D eigenvalue weighted by Gasteiger charge is -2.18. The van der Waals surface area contributed by atoms with Gasteiger partial charge in [-0.15, -0.1) is 0 Å². The molecule has 10 heteroatoms. The average molecular weight is 355 g/mol. The highest BCUT2D eigenvalue weighted by molar-refractivity contribution is 7.89. The van der Waals surface area contributed by atoms with E-state index in [1.54, 1.807) is 0 Å². The van der Waals surface area contributed by atoms with Crippen LogP contribution in [0.2, 0.25) is 10.0 Å². The van der Waals surface area contributed by atoms with Crippen LogP contribution in [0.4, 0.5) is 0 Å². The molecule has 0 aliphatic heterocycles. The zero-order valence-corrected chi connectivity index (χ0v) is 13.2. The fourth-order valence-corrected chi connectivity index (χ4v) is 3.61. The van der Waals surface area contributed by atoms with Gasteiger partial charge in [0.15, 0.2) is 0 Å². The smallest absolute Gasteiger partial charge is 0.322 e. The SMILES string of the molecule is CN(CC(=O)NCC(=O)O)S(=O)(=O)c1c(Cl)cccc1Cl. The summed E-state index contributed by atoms with van der Waals surface area (Å²) in [6.45, 7) is -1.16. The van der Waals surface area contributed by atoms with Gasteiger partial charge in [-0.3, -0.25) is 9.59 Å². The zero-order chi connectivity index (χ0) is 16.2. The molecule has 1 rings (SSSR count). The molecular weight excluding hydrogens is 343 g/mol. The van der Waals surface area contributed by atoms with Crippen molar-refractivity contribution in [1.82, 2.24) is 9.62 Å². The Morgan fingerprint density at radius 1 is 1.29 bits per heavy atom. The van der Waals surface area contributed by atoms with E-state index in [1.807, 2.05) is 0 Å². The molecule has 0 spiro atoms. The van der Waals surface area contributed by atoms with E-state index in [4.69, 9.17) is 28.3 Å². The largest absolute Gasteiger partial charge is 0.480 e. The molecule has 2 N–H and O–H groups in total. The van der Waals surface area contributed by atoms with Crippen LogP contribution in [-0.2, 0) is 19.6 Å². The molecule has 0 atom stereocenters. The lowest BCUT2D eigenvalue weighted by atomic mass is 10.4. The summed E-state index contributed by atoms with van der Waals surface area (Å²) < 4.78 is 25.3. The summed E-state index contributed by atoms with van der Waals surface area (Å²) in [5, 5.41) is 10.3. The summed E-state index contributed by atoms with van der Waals surface area (Å²) >= 11 is 11.7. The van der Waals surface area contributed by atoms with E-state index in [0.29, 0.717) is 0 Å². The van der Waals surface area contributed by atoms with Crippen molar-refractivity contribution in [2.75, 3.05) is 20.1 Å². The van der Waals surface area contributed by atoms with Crippen LogP contribution in [0, 0.1) is 0 Å². The second-order valence-electron chi connectivity index (χ2n) is 3.98. The van der Waals surface area contributed by atoms with Crippen molar-refractivity contribution in [3.8, 4) is 0 Å². The van der Waals surface area contributed by atoms with Crippen LogP contribution in [-0.4, -0.2) is 49.8 Å². The Morgan fingerprint density at radius 2 is 1.81 bits per heavy atom. The van der Waals surface area contributed by atoms with Crippen molar-refractivity contribution in [3.05, 3.63) is 28.2 Å². The first kappa shape index (κ1) is 17.7. The van der Waals surface area contributed by atoms with Crippen LogP contribution in [0.15, 0.2) is 23.1 Å². The molecule has 0 unspecified atom stereocenters.